The van der Waals surface area contributed by atoms with Crippen LogP contribution in [-0.4, -0.2) is 37.0 Å². The zero-order chi connectivity index (χ0) is 11.4. The summed E-state index contributed by atoms with van der Waals surface area (Å²) in [6.45, 7) is 1.86. The van der Waals surface area contributed by atoms with Gasteiger partial charge in [0.2, 0.25) is 5.91 Å². The Bertz CT molecular complexity index is 286. The van der Waals surface area contributed by atoms with Gasteiger partial charge in [-0.15, -0.1) is 0 Å². The Morgan fingerprint density at radius 3 is 3.00 bits per heavy atom. The van der Waals surface area contributed by atoms with E-state index in [1.165, 1.54) is 25.7 Å². The summed E-state index contributed by atoms with van der Waals surface area (Å²) in [5.74, 6) is 0.262. The third-order valence-corrected chi connectivity index (χ3v) is 3.65. The van der Waals surface area contributed by atoms with E-state index in [2.05, 4.69) is 11.4 Å². The van der Waals surface area contributed by atoms with Crippen molar-refractivity contribution in [2.75, 3.05) is 20.1 Å². The van der Waals surface area contributed by atoms with Crippen LogP contribution in [-0.2, 0) is 4.79 Å². The number of rotatable bonds is 4. The smallest absolute Gasteiger partial charge is 0.239 e. The van der Waals surface area contributed by atoms with Gasteiger partial charge in [0.1, 0.15) is 0 Å². The highest BCUT2D eigenvalue weighted by Gasteiger charge is 2.27. The van der Waals surface area contributed by atoms with Crippen LogP contribution in [0.4, 0.5) is 0 Å². The molecule has 0 aromatic heterocycles. The summed E-state index contributed by atoms with van der Waals surface area (Å²) >= 11 is 0. The van der Waals surface area contributed by atoms with Gasteiger partial charge in [-0.3, -0.25) is 4.79 Å². The standard InChI is InChI=1S/C13H22N2O/c1-15-10-8-12(13(15)16)14-9-7-11-5-3-2-4-6-11/h5,12,14H,2-4,6-10H2,1H3. The lowest BCUT2D eigenvalue weighted by atomic mass is 9.97. The number of likely N-dealkylation sites (tertiary alicyclic amines) is 1. The molecule has 1 heterocycles. The van der Waals surface area contributed by atoms with Gasteiger partial charge in [0.15, 0.2) is 0 Å². The van der Waals surface area contributed by atoms with Gasteiger partial charge in [0, 0.05) is 13.6 Å². The third-order valence-electron chi connectivity index (χ3n) is 3.65. The molecule has 16 heavy (non-hydrogen) atoms. The van der Waals surface area contributed by atoms with Crippen LogP contribution >= 0.6 is 0 Å². The Labute approximate surface area is 97.9 Å². The summed E-state index contributed by atoms with van der Waals surface area (Å²) in [7, 11) is 1.88. The Kier molecular flexibility index (Phi) is 3.99. The lowest BCUT2D eigenvalue weighted by molar-refractivity contribution is -0.128. The number of carbonyl (C=O) groups excluding carboxylic acids is 1. The van der Waals surface area contributed by atoms with Crippen molar-refractivity contribution in [1.29, 1.82) is 0 Å². The summed E-state index contributed by atoms with van der Waals surface area (Å²) in [6.07, 6.45) is 9.68. The molecule has 1 N–H and O–H groups in total. The minimum atomic E-state index is 0.0780. The van der Waals surface area contributed by atoms with Crippen LogP contribution in [0.5, 0.6) is 0 Å². The minimum Gasteiger partial charge on any atom is -0.344 e. The highest BCUT2D eigenvalue weighted by Crippen LogP contribution is 2.19. The quantitative estimate of drug-likeness (QED) is 0.734. The van der Waals surface area contributed by atoms with E-state index in [4.69, 9.17) is 0 Å². The van der Waals surface area contributed by atoms with Crippen molar-refractivity contribution in [2.45, 2.75) is 44.6 Å². The first-order valence-corrected chi connectivity index (χ1v) is 6.43. The average molecular weight is 222 g/mol. The second-order valence-electron chi connectivity index (χ2n) is 4.91. The van der Waals surface area contributed by atoms with Gasteiger partial charge < -0.3 is 10.2 Å². The predicted octanol–water partition coefficient (Wildman–Crippen LogP) is 1.70. The second-order valence-corrected chi connectivity index (χ2v) is 4.91. The molecular weight excluding hydrogens is 200 g/mol. The van der Waals surface area contributed by atoms with Gasteiger partial charge in [0.05, 0.1) is 6.04 Å². The fraction of sp³-hybridized carbons (Fsp3) is 0.769. The molecule has 2 aliphatic rings. The van der Waals surface area contributed by atoms with Crippen molar-refractivity contribution in [3.05, 3.63) is 11.6 Å². The topological polar surface area (TPSA) is 32.3 Å². The van der Waals surface area contributed by atoms with Gasteiger partial charge in [-0.25, -0.2) is 0 Å². The van der Waals surface area contributed by atoms with Crippen molar-refractivity contribution < 1.29 is 4.79 Å². The predicted molar refractivity (Wildman–Crippen MR) is 65.2 cm³/mol. The van der Waals surface area contributed by atoms with Crippen LogP contribution in [0.3, 0.4) is 0 Å². The van der Waals surface area contributed by atoms with Crippen LogP contribution < -0.4 is 5.32 Å². The van der Waals surface area contributed by atoms with Crippen LogP contribution in [0, 0.1) is 0 Å². The fourth-order valence-electron chi connectivity index (χ4n) is 2.55. The van der Waals surface area contributed by atoms with Gasteiger partial charge in [-0.05, 0) is 45.1 Å². The molecule has 90 valence electrons. The molecule has 3 heteroatoms. The number of nitrogens with zero attached hydrogens (tertiary/aromatic N) is 1. The molecule has 2 rings (SSSR count). The second kappa shape index (κ2) is 5.48. The van der Waals surface area contributed by atoms with Crippen molar-refractivity contribution in [2.24, 2.45) is 0 Å². The van der Waals surface area contributed by atoms with E-state index in [9.17, 15) is 4.79 Å². The summed E-state index contributed by atoms with van der Waals surface area (Å²) in [5, 5.41) is 3.38. The van der Waals surface area contributed by atoms with Gasteiger partial charge >= 0.3 is 0 Å². The number of carbonyl (C=O) groups is 1. The molecule has 1 aliphatic heterocycles. The minimum absolute atomic E-state index is 0.0780. The van der Waals surface area contributed by atoms with Crippen LogP contribution in [0.25, 0.3) is 0 Å². The molecule has 0 aromatic carbocycles. The largest absolute Gasteiger partial charge is 0.344 e. The zero-order valence-electron chi connectivity index (χ0n) is 10.2. The lowest BCUT2D eigenvalue weighted by Gasteiger charge is -2.15. The molecule has 1 amide bonds. The van der Waals surface area contributed by atoms with Crippen LogP contribution in [0.15, 0.2) is 11.6 Å². The van der Waals surface area contributed by atoms with E-state index in [1.807, 2.05) is 11.9 Å². The molecule has 0 saturated carbocycles. The van der Waals surface area contributed by atoms with E-state index >= 15 is 0 Å². The first kappa shape index (κ1) is 11.6. The van der Waals surface area contributed by atoms with Gasteiger partial charge in [0.25, 0.3) is 0 Å². The third kappa shape index (κ3) is 2.85. The van der Waals surface area contributed by atoms with Crippen molar-refractivity contribution in [3.63, 3.8) is 0 Å². The maximum absolute atomic E-state index is 11.6. The number of allylic oxidation sites excluding steroid dienone is 1. The molecule has 0 spiro atoms. The summed E-state index contributed by atoms with van der Waals surface area (Å²) in [4.78, 5) is 13.5. The number of amides is 1. The first-order chi connectivity index (χ1) is 7.77. The molecular formula is C13H22N2O. The monoisotopic (exact) mass is 222 g/mol. The lowest BCUT2D eigenvalue weighted by Crippen LogP contribution is -2.37. The maximum atomic E-state index is 11.6. The van der Waals surface area contributed by atoms with E-state index in [1.54, 1.807) is 5.57 Å². The average Bonchev–Trinajstić information content (AvgIpc) is 2.62. The van der Waals surface area contributed by atoms with Crippen LogP contribution in [0.2, 0.25) is 0 Å². The Morgan fingerprint density at radius 1 is 1.50 bits per heavy atom. The number of hydrogen-bond donors (Lipinski definition) is 1. The van der Waals surface area contributed by atoms with E-state index in [0.29, 0.717) is 0 Å². The first-order valence-electron chi connectivity index (χ1n) is 6.43. The Hall–Kier alpha value is -0.830. The molecule has 0 radical (unpaired) electrons. The number of nitrogens with one attached hydrogen (secondary N) is 1. The highest BCUT2D eigenvalue weighted by molar-refractivity contribution is 5.83. The van der Waals surface area contributed by atoms with Crippen LogP contribution in [0.1, 0.15) is 38.5 Å². The highest BCUT2D eigenvalue weighted by atomic mass is 16.2. The number of hydrogen-bond acceptors (Lipinski definition) is 2. The van der Waals surface area contributed by atoms with Crippen molar-refractivity contribution >= 4 is 5.91 Å². The Balaban J connectivity index is 1.68. The molecule has 0 aromatic rings. The molecule has 1 fully saturated rings. The van der Waals surface area contributed by atoms with Crippen molar-refractivity contribution in [3.8, 4) is 0 Å². The van der Waals surface area contributed by atoms with E-state index in [0.717, 1.165) is 25.9 Å². The zero-order valence-corrected chi connectivity index (χ0v) is 10.2. The van der Waals surface area contributed by atoms with Gasteiger partial charge in [-0.1, -0.05) is 11.6 Å². The summed E-state index contributed by atoms with van der Waals surface area (Å²) < 4.78 is 0. The molecule has 1 unspecified atom stereocenters. The van der Waals surface area contributed by atoms with Gasteiger partial charge in [-0.2, -0.15) is 0 Å². The van der Waals surface area contributed by atoms with Crippen molar-refractivity contribution in [1.82, 2.24) is 10.2 Å². The molecule has 3 nitrogen and oxygen atoms in total. The molecule has 1 atom stereocenters. The molecule has 1 aliphatic carbocycles. The molecule has 1 saturated heterocycles. The normalized spacial score (nSPS) is 26.1. The molecule has 0 bridgehead atoms. The van der Waals surface area contributed by atoms with E-state index in [-0.39, 0.29) is 11.9 Å². The Morgan fingerprint density at radius 2 is 2.38 bits per heavy atom. The SMILES string of the molecule is CN1CCC(NCCC2=CCCCC2)C1=O. The fourth-order valence-corrected chi connectivity index (χ4v) is 2.55. The summed E-state index contributed by atoms with van der Waals surface area (Å²) in [6, 6.07) is 0.0780. The van der Waals surface area contributed by atoms with E-state index < -0.39 is 0 Å². The summed E-state index contributed by atoms with van der Waals surface area (Å²) in [5.41, 5.74) is 1.58. The number of likely N-dealkylation sites (N-methyl/N-ethyl adjacent to an activating group) is 1. The maximum Gasteiger partial charge on any atom is 0.239 e.